The summed E-state index contributed by atoms with van der Waals surface area (Å²) >= 11 is 0. The first-order chi connectivity index (χ1) is 9.36. The van der Waals surface area contributed by atoms with Crippen LogP contribution in [0.1, 0.15) is 16.8 Å². The van der Waals surface area contributed by atoms with Gasteiger partial charge in [-0.3, -0.25) is 10.1 Å². The van der Waals surface area contributed by atoms with Crippen molar-refractivity contribution < 1.29 is 0 Å². The quantitative estimate of drug-likeness (QED) is 0.765. The van der Waals surface area contributed by atoms with Gasteiger partial charge in [-0.2, -0.15) is 5.10 Å². The molecule has 0 saturated heterocycles. The average Bonchev–Trinajstić information content (AvgIpc) is 2.88. The number of benzene rings is 1. The minimum Gasteiger partial charge on any atom is -0.277 e. The molecule has 1 N–H and O–H groups in total. The van der Waals surface area contributed by atoms with Crippen molar-refractivity contribution in [2.45, 2.75) is 0 Å². The molecule has 0 spiro atoms. The van der Waals surface area contributed by atoms with Crippen LogP contribution >= 0.6 is 0 Å². The molecule has 2 aromatic heterocycles. The summed E-state index contributed by atoms with van der Waals surface area (Å²) in [6.45, 7) is 3.79. The highest BCUT2D eigenvalue weighted by Gasteiger charge is 2.02. The molecule has 0 aliphatic heterocycles. The third-order valence-corrected chi connectivity index (χ3v) is 2.97. The van der Waals surface area contributed by atoms with E-state index >= 15 is 0 Å². The lowest BCUT2D eigenvalue weighted by Gasteiger charge is -1.94. The number of pyridine rings is 1. The molecule has 0 fully saturated rings. The second-order valence-corrected chi connectivity index (χ2v) is 4.24. The predicted octanol–water partition coefficient (Wildman–Crippen LogP) is 3.77. The van der Waals surface area contributed by atoms with Crippen LogP contribution in [0.4, 0.5) is 0 Å². The molecule has 0 amide bonds. The molecule has 92 valence electrons. The topological polar surface area (TPSA) is 41.6 Å². The highest BCUT2D eigenvalue weighted by molar-refractivity contribution is 5.90. The first-order valence-corrected chi connectivity index (χ1v) is 6.05. The van der Waals surface area contributed by atoms with Crippen LogP contribution in [-0.4, -0.2) is 15.2 Å². The van der Waals surface area contributed by atoms with Gasteiger partial charge in [-0.15, -0.1) is 0 Å². The summed E-state index contributed by atoms with van der Waals surface area (Å²) in [6.07, 6.45) is 9.41. The lowest BCUT2D eigenvalue weighted by molar-refractivity contribution is 1.11. The number of aromatic nitrogens is 3. The molecule has 1 aromatic carbocycles. The summed E-state index contributed by atoms with van der Waals surface area (Å²) in [5.74, 6) is 0. The number of hydrogen-bond acceptors (Lipinski definition) is 2. The Labute approximate surface area is 111 Å². The normalized spacial score (nSPS) is 11.2. The van der Waals surface area contributed by atoms with Crippen LogP contribution in [0.15, 0.2) is 49.3 Å². The van der Waals surface area contributed by atoms with Crippen LogP contribution in [-0.2, 0) is 0 Å². The molecular formula is C16H13N3. The van der Waals surface area contributed by atoms with Crippen LogP contribution in [0, 0.1) is 0 Å². The van der Waals surface area contributed by atoms with Crippen LogP contribution in [0.2, 0.25) is 0 Å². The smallest absolute Gasteiger partial charge is 0.0927 e. The zero-order valence-corrected chi connectivity index (χ0v) is 10.4. The van der Waals surface area contributed by atoms with Crippen molar-refractivity contribution >= 4 is 29.1 Å². The molecule has 0 radical (unpaired) electrons. The van der Waals surface area contributed by atoms with Crippen molar-refractivity contribution in [2.24, 2.45) is 0 Å². The third kappa shape index (κ3) is 2.31. The Bertz CT molecular complexity index is 739. The zero-order chi connectivity index (χ0) is 13.1. The number of fused-ring (bicyclic) bond motifs is 1. The van der Waals surface area contributed by atoms with Gasteiger partial charge in [0.2, 0.25) is 0 Å². The maximum absolute atomic E-state index is 4.32. The highest BCUT2D eigenvalue weighted by Crippen LogP contribution is 2.20. The largest absolute Gasteiger partial charge is 0.277 e. The maximum Gasteiger partial charge on any atom is 0.0927 e. The summed E-state index contributed by atoms with van der Waals surface area (Å²) in [4.78, 5) is 4.08. The van der Waals surface area contributed by atoms with Gasteiger partial charge in [0.15, 0.2) is 0 Å². The Kier molecular flexibility index (Phi) is 2.94. The molecule has 3 aromatic rings. The standard InChI is InChI=1S/C16H13N3/c1-2-12-5-7-15-14(10-12)16(19-18-15)8-6-13-4-3-9-17-11-13/h2-11H,1H2,(H,18,19)/b8-6+. The number of aromatic amines is 1. The first kappa shape index (κ1) is 11.4. The molecule has 2 heterocycles. The summed E-state index contributed by atoms with van der Waals surface area (Å²) in [5.41, 5.74) is 4.09. The molecule has 0 unspecified atom stereocenters. The molecule has 0 aliphatic carbocycles. The Morgan fingerprint density at radius 3 is 2.84 bits per heavy atom. The zero-order valence-electron chi connectivity index (χ0n) is 10.4. The average molecular weight is 247 g/mol. The Morgan fingerprint density at radius 1 is 1.11 bits per heavy atom. The van der Waals surface area contributed by atoms with E-state index in [4.69, 9.17) is 0 Å². The van der Waals surface area contributed by atoms with Crippen LogP contribution in [0.25, 0.3) is 29.1 Å². The van der Waals surface area contributed by atoms with Crippen LogP contribution in [0.3, 0.4) is 0 Å². The van der Waals surface area contributed by atoms with E-state index in [0.29, 0.717) is 0 Å². The molecule has 0 atom stereocenters. The fourth-order valence-electron chi connectivity index (χ4n) is 1.96. The summed E-state index contributed by atoms with van der Waals surface area (Å²) in [6, 6.07) is 10.0. The first-order valence-electron chi connectivity index (χ1n) is 6.05. The third-order valence-electron chi connectivity index (χ3n) is 2.97. The van der Waals surface area contributed by atoms with E-state index in [1.807, 2.05) is 48.7 Å². The monoisotopic (exact) mass is 247 g/mol. The van der Waals surface area contributed by atoms with Crippen molar-refractivity contribution in [3.05, 3.63) is 66.1 Å². The second kappa shape index (κ2) is 4.90. The predicted molar refractivity (Wildman–Crippen MR) is 79.3 cm³/mol. The van der Waals surface area contributed by atoms with E-state index in [0.717, 1.165) is 27.7 Å². The summed E-state index contributed by atoms with van der Waals surface area (Å²) < 4.78 is 0. The van der Waals surface area contributed by atoms with Gasteiger partial charge in [0.05, 0.1) is 11.2 Å². The van der Waals surface area contributed by atoms with E-state index in [9.17, 15) is 0 Å². The highest BCUT2D eigenvalue weighted by atomic mass is 15.1. The lowest BCUT2D eigenvalue weighted by atomic mass is 10.1. The number of H-pyrrole nitrogens is 1. The molecule has 0 bridgehead atoms. The van der Waals surface area contributed by atoms with Crippen molar-refractivity contribution in [3.63, 3.8) is 0 Å². The van der Waals surface area contributed by atoms with Crippen molar-refractivity contribution in [1.29, 1.82) is 0 Å². The van der Waals surface area contributed by atoms with Gasteiger partial charge in [0, 0.05) is 17.8 Å². The molecule has 3 rings (SSSR count). The minimum absolute atomic E-state index is 0.919. The Morgan fingerprint density at radius 2 is 2.05 bits per heavy atom. The van der Waals surface area contributed by atoms with Gasteiger partial charge in [0.25, 0.3) is 0 Å². The number of rotatable bonds is 3. The number of nitrogens with one attached hydrogen (secondary N) is 1. The van der Waals surface area contributed by atoms with Gasteiger partial charge < -0.3 is 0 Å². The SMILES string of the molecule is C=Cc1ccc2[nH]nc(/C=C/c3cccnc3)c2c1. The van der Waals surface area contributed by atoms with Gasteiger partial charge in [-0.25, -0.2) is 0 Å². The van der Waals surface area contributed by atoms with Crippen LogP contribution in [0.5, 0.6) is 0 Å². The lowest BCUT2D eigenvalue weighted by Crippen LogP contribution is -1.76. The Hall–Kier alpha value is -2.68. The van der Waals surface area contributed by atoms with E-state index in [1.165, 1.54) is 0 Å². The fraction of sp³-hybridized carbons (Fsp3) is 0. The molecule has 19 heavy (non-hydrogen) atoms. The molecule has 3 heteroatoms. The van der Waals surface area contributed by atoms with Crippen molar-refractivity contribution in [2.75, 3.05) is 0 Å². The van der Waals surface area contributed by atoms with E-state index < -0.39 is 0 Å². The van der Waals surface area contributed by atoms with Gasteiger partial charge >= 0.3 is 0 Å². The fourth-order valence-corrected chi connectivity index (χ4v) is 1.96. The summed E-state index contributed by atoms with van der Waals surface area (Å²) in [5, 5.41) is 8.44. The molecule has 3 nitrogen and oxygen atoms in total. The van der Waals surface area contributed by atoms with Gasteiger partial charge in [-0.1, -0.05) is 30.9 Å². The second-order valence-electron chi connectivity index (χ2n) is 4.24. The molecule has 0 saturated carbocycles. The minimum atomic E-state index is 0.919. The molecular weight excluding hydrogens is 234 g/mol. The number of hydrogen-bond donors (Lipinski definition) is 1. The maximum atomic E-state index is 4.32. The van der Waals surface area contributed by atoms with E-state index in [2.05, 4.69) is 27.8 Å². The molecule has 0 aliphatic rings. The Balaban J connectivity index is 2.01. The van der Waals surface area contributed by atoms with E-state index in [1.54, 1.807) is 6.20 Å². The van der Waals surface area contributed by atoms with Crippen molar-refractivity contribution in [1.82, 2.24) is 15.2 Å². The van der Waals surface area contributed by atoms with Gasteiger partial charge in [-0.05, 0) is 35.4 Å². The summed E-state index contributed by atoms with van der Waals surface area (Å²) in [7, 11) is 0. The van der Waals surface area contributed by atoms with E-state index in [-0.39, 0.29) is 0 Å². The van der Waals surface area contributed by atoms with Gasteiger partial charge in [0.1, 0.15) is 0 Å². The van der Waals surface area contributed by atoms with Crippen LogP contribution < -0.4 is 0 Å². The van der Waals surface area contributed by atoms with Crippen molar-refractivity contribution in [3.8, 4) is 0 Å². The number of nitrogens with zero attached hydrogens (tertiary/aromatic N) is 2.